The van der Waals surface area contributed by atoms with Gasteiger partial charge in [-0.3, -0.25) is 9.80 Å². The van der Waals surface area contributed by atoms with Gasteiger partial charge in [0.25, 0.3) is 0 Å². The average molecular weight is 587 g/mol. The molecule has 0 aliphatic carbocycles. The molecule has 0 atom stereocenters. The SMILES string of the molecule is CC1(C)c2ccccc2N(c2ccccn2)c2cc(Oc3cccc(N4c5ccccc5C(C)(C)c5cccnc54)c3)ccc21. The zero-order valence-electron chi connectivity index (χ0n) is 25.9. The molecule has 4 aromatic carbocycles. The number of aromatic nitrogens is 2. The summed E-state index contributed by atoms with van der Waals surface area (Å²) in [6, 6.07) is 42.2. The fourth-order valence-electron chi connectivity index (χ4n) is 7.10. The van der Waals surface area contributed by atoms with Gasteiger partial charge in [-0.25, -0.2) is 9.97 Å². The van der Waals surface area contributed by atoms with E-state index < -0.39 is 0 Å². The number of anilines is 6. The first-order chi connectivity index (χ1) is 21.8. The van der Waals surface area contributed by atoms with Crippen LogP contribution in [0, 0.1) is 0 Å². The van der Waals surface area contributed by atoms with Gasteiger partial charge in [0.1, 0.15) is 23.1 Å². The summed E-state index contributed by atoms with van der Waals surface area (Å²) in [5, 5.41) is 0. The van der Waals surface area contributed by atoms with Crippen LogP contribution in [0.2, 0.25) is 0 Å². The van der Waals surface area contributed by atoms with Gasteiger partial charge < -0.3 is 4.74 Å². The maximum absolute atomic E-state index is 6.64. The molecule has 0 radical (unpaired) electrons. The molecule has 4 heterocycles. The summed E-state index contributed by atoms with van der Waals surface area (Å²) >= 11 is 0. The van der Waals surface area contributed by atoms with E-state index in [1.807, 2.05) is 42.7 Å². The van der Waals surface area contributed by atoms with Gasteiger partial charge in [-0.05, 0) is 65.2 Å². The molecule has 0 saturated heterocycles. The number of hydrogen-bond acceptors (Lipinski definition) is 5. The molecule has 2 aromatic heterocycles. The van der Waals surface area contributed by atoms with E-state index in [1.54, 1.807) is 0 Å². The molecular weight excluding hydrogens is 552 g/mol. The van der Waals surface area contributed by atoms with Crippen molar-refractivity contribution < 1.29 is 4.74 Å². The van der Waals surface area contributed by atoms with E-state index in [1.165, 1.54) is 22.3 Å². The zero-order chi connectivity index (χ0) is 30.8. The number of nitrogens with zero attached hydrogens (tertiary/aromatic N) is 4. The van der Waals surface area contributed by atoms with Gasteiger partial charge in [-0.1, -0.05) is 88.4 Å². The third-order valence-corrected chi connectivity index (χ3v) is 9.38. The Labute approximate surface area is 264 Å². The Kier molecular flexibility index (Phi) is 6.07. The van der Waals surface area contributed by atoms with Gasteiger partial charge in [0.2, 0.25) is 0 Å². The Morgan fingerprint density at radius 2 is 1.11 bits per heavy atom. The van der Waals surface area contributed by atoms with Crippen molar-refractivity contribution in [3.05, 3.63) is 156 Å². The van der Waals surface area contributed by atoms with E-state index in [2.05, 4.69) is 128 Å². The molecule has 8 rings (SSSR count). The van der Waals surface area contributed by atoms with Crippen molar-refractivity contribution in [3.63, 3.8) is 0 Å². The molecule has 0 unspecified atom stereocenters. The van der Waals surface area contributed by atoms with Crippen LogP contribution in [0.25, 0.3) is 0 Å². The van der Waals surface area contributed by atoms with Gasteiger partial charge in [0, 0.05) is 40.9 Å². The number of hydrogen-bond donors (Lipinski definition) is 0. The Balaban J connectivity index is 1.21. The van der Waals surface area contributed by atoms with E-state index >= 15 is 0 Å². The van der Waals surface area contributed by atoms with Crippen LogP contribution in [-0.2, 0) is 10.8 Å². The Bertz CT molecular complexity index is 2020. The number of para-hydroxylation sites is 2. The van der Waals surface area contributed by atoms with Crippen molar-refractivity contribution in [1.82, 2.24) is 9.97 Å². The highest BCUT2D eigenvalue weighted by atomic mass is 16.5. The molecule has 2 aliphatic heterocycles. The van der Waals surface area contributed by atoms with Crippen LogP contribution in [0.5, 0.6) is 11.5 Å². The van der Waals surface area contributed by atoms with E-state index in [0.717, 1.165) is 45.9 Å². The second kappa shape index (κ2) is 10.1. The monoisotopic (exact) mass is 586 g/mol. The van der Waals surface area contributed by atoms with Gasteiger partial charge >= 0.3 is 0 Å². The minimum Gasteiger partial charge on any atom is -0.457 e. The topological polar surface area (TPSA) is 41.5 Å². The summed E-state index contributed by atoms with van der Waals surface area (Å²) < 4.78 is 6.64. The largest absolute Gasteiger partial charge is 0.457 e. The molecule has 0 amide bonds. The van der Waals surface area contributed by atoms with E-state index in [4.69, 9.17) is 14.7 Å². The van der Waals surface area contributed by atoms with Gasteiger partial charge in [0.05, 0.1) is 22.7 Å². The number of rotatable bonds is 4. The lowest BCUT2D eigenvalue weighted by atomic mass is 9.73. The van der Waals surface area contributed by atoms with Crippen LogP contribution in [0.1, 0.15) is 49.9 Å². The molecule has 0 saturated carbocycles. The zero-order valence-corrected chi connectivity index (χ0v) is 25.9. The second-order valence-corrected chi connectivity index (χ2v) is 12.8. The van der Waals surface area contributed by atoms with Crippen LogP contribution >= 0.6 is 0 Å². The van der Waals surface area contributed by atoms with Gasteiger partial charge in [-0.2, -0.15) is 0 Å². The molecule has 5 heteroatoms. The smallest absolute Gasteiger partial charge is 0.141 e. The summed E-state index contributed by atoms with van der Waals surface area (Å²) in [6.45, 7) is 9.11. The maximum atomic E-state index is 6.64. The number of ether oxygens (including phenoxy) is 1. The number of pyridine rings is 2. The van der Waals surface area contributed by atoms with E-state index in [9.17, 15) is 0 Å². The van der Waals surface area contributed by atoms with Gasteiger partial charge in [0.15, 0.2) is 0 Å². The summed E-state index contributed by atoms with van der Waals surface area (Å²) in [4.78, 5) is 14.1. The first-order valence-electron chi connectivity index (χ1n) is 15.4. The number of benzene rings is 4. The van der Waals surface area contributed by atoms with Crippen molar-refractivity contribution in [2.75, 3.05) is 9.80 Å². The first-order valence-corrected chi connectivity index (χ1v) is 15.4. The Morgan fingerprint density at radius 1 is 0.489 bits per heavy atom. The maximum Gasteiger partial charge on any atom is 0.141 e. The predicted octanol–water partition coefficient (Wildman–Crippen LogP) is 10.5. The van der Waals surface area contributed by atoms with Crippen LogP contribution < -0.4 is 14.5 Å². The quantitative estimate of drug-likeness (QED) is 0.206. The van der Waals surface area contributed by atoms with Crippen molar-refractivity contribution >= 4 is 34.4 Å². The fraction of sp³-hybridized carbons (Fsp3) is 0.150. The molecule has 2 aliphatic rings. The standard InChI is InChI=1S/C40H34N4O/c1-39(2)31-16-6-8-19-35(31)44(37-20-9-10-23-41-37)36-26-29(21-22-32(36)39)45-28-14-11-13-27(25-28)43-34-18-7-5-15-30(34)40(3,4)33-17-12-24-42-38(33)43/h5-26H,1-4H3. The molecule has 0 fully saturated rings. The molecule has 5 nitrogen and oxygen atoms in total. The molecule has 45 heavy (non-hydrogen) atoms. The summed E-state index contributed by atoms with van der Waals surface area (Å²) in [5.41, 5.74) is 8.93. The minimum absolute atomic E-state index is 0.167. The molecule has 0 N–H and O–H groups in total. The molecular formula is C40H34N4O. The number of fused-ring (bicyclic) bond motifs is 4. The van der Waals surface area contributed by atoms with E-state index in [-0.39, 0.29) is 10.8 Å². The highest BCUT2D eigenvalue weighted by Gasteiger charge is 2.39. The molecule has 6 aromatic rings. The van der Waals surface area contributed by atoms with Crippen LogP contribution in [-0.4, -0.2) is 9.97 Å². The third-order valence-electron chi connectivity index (χ3n) is 9.38. The lowest BCUT2D eigenvalue weighted by Crippen LogP contribution is -2.31. The second-order valence-electron chi connectivity index (χ2n) is 12.8. The fourth-order valence-corrected chi connectivity index (χ4v) is 7.10. The lowest BCUT2D eigenvalue weighted by Gasteiger charge is -2.41. The van der Waals surface area contributed by atoms with Crippen molar-refractivity contribution in [2.45, 2.75) is 38.5 Å². The lowest BCUT2D eigenvalue weighted by molar-refractivity contribution is 0.482. The minimum atomic E-state index is -0.189. The third kappa shape index (κ3) is 4.22. The molecule has 220 valence electrons. The van der Waals surface area contributed by atoms with Gasteiger partial charge in [-0.15, -0.1) is 0 Å². The summed E-state index contributed by atoms with van der Waals surface area (Å²) in [6.07, 6.45) is 3.71. The highest BCUT2D eigenvalue weighted by molar-refractivity contribution is 5.86. The van der Waals surface area contributed by atoms with Crippen LogP contribution in [0.15, 0.2) is 134 Å². The first kappa shape index (κ1) is 27.2. The Hall–Kier alpha value is -5.42. The average Bonchev–Trinajstić information content (AvgIpc) is 3.06. The van der Waals surface area contributed by atoms with Crippen molar-refractivity contribution in [2.24, 2.45) is 0 Å². The van der Waals surface area contributed by atoms with Crippen LogP contribution in [0.3, 0.4) is 0 Å². The predicted molar refractivity (Wildman–Crippen MR) is 182 cm³/mol. The normalized spacial score (nSPS) is 15.4. The molecule has 0 spiro atoms. The summed E-state index contributed by atoms with van der Waals surface area (Å²) in [5.74, 6) is 3.34. The van der Waals surface area contributed by atoms with Crippen molar-refractivity contribution in [1.29, 1.82) is 0 Å². The van der Waals surface area contributed by atoms with Crippen LogP contribution in [0.4, 0.5) is 34.4 Å². The summed E-state index contributed by atoms with van der Waals surface area (Å²) in [7, 11) is 0. The highest BCUT2D eigenvalue weighted by Crippen LogP contribution is 2.53. The van der Waals surface area contributed by atoms with Crippen molar-refractivity contribution in [3.8, 4) is 11.5 Å². The van der Waals surface area contributed by atoms with E-state index in [0.29, 0.717) is 0 Å². The Morgan fingerprint density at radius 3 is 1.87 bits per heavy atom. The molecule has 0 bridgehead atoms.